The molecule has 2 aromatic rings. The van der Waals surface area contributed by atoms with E-state index >= 15 is 0 Å². The van der Waals surface area contributed by atoms with Gasteiger partial charge in [0.1, 0.15) is 5.15 Å². The lowest BCUT2D eigenvalue weighted by molar-refractivity contribution is 0.0992. The van der Waals surface area contributed by atoms with Crippen molar-refractivity contribution in [2.24, 2.45) is 7.05 Å². The predicted octanol–water partition coefficient (Wildman–Crippen LogP) is 3.57. The molecule has 0 saturated heterocycles. The highest BCUT2D eigenvalue weighted by Gasteiger charge is 2.15. The first-order valence-electron chi connectivity index (χ1n) is 5.45. The minimum absolute atomic E-state index is 0.0421. The van der Waals surface area contributed by atoms with Crippen LogP contribution in [0.1, 0.15) is 21.6 Å². The van der Waals surface area contributed by atoms with Gasteiger partial charge in [0.15, 0.2) is 5.78 Å². The molecule has 0 amide bonds. The normalized spacial score (nSPS) is 10.7. The molecule has 94 valence electrons. The maximum absolute atomic E-state index is 12.1. The molecule has 0 aliphatic heterocycles. The van der Waals surface area contributed by atoms with Crippen LogP contribution in [0.25, 0.3) is 0 Å². The molecule has 1 heterocycles. The quantitative estimate of drug-likeness (QED) is 0.808. The Morgan fingerprint density at radius 3 is 2.50 bits per heavy atom. The fourth-order valence-electron chi connectivity index (χ4n) is 1.77. The Bertz CT molecular complexity index is 590. The van der Waals surface area contributed by atoms with Crippen LogP contribution in [0.15, 0.2) is 28.7 Å². The molecular weight excluding hydrogens is 316 g/mol. The minimum atomic E-state index is 0.0421. The third-order valence-electron chi connectivity index (χ3n) is 2.77. The van der Waals surface area contributed by atoms with Crippen LogP contribution in [0.2, 0.25) is 5.15 Å². The first-order chi connectivity index (χ1) is 8.49. The Morgan fingerprint density at radius 2 is 2.00 bits per heavy atom. The summed E-state index contributed by atoms with van der Waals surface area (Å²) in [5.41, 5.74) is 2.28. The zero-order valence-corrected chi connectivity index (χ0v) is 12.4. The van der Waals surface area contributed by atoms with Crippen LogP contribution in [0, 0.1) is 6.92 Å². The fourth-order valence-corrected chi connectivity index (χ4v) is 2.28. The van der Waals surface area contributed by atoms with Crippen LogP contribution < -0.4 is 0 Å². The second kappa shape index (κ2) is 5.24. The molecule has 18 heavy (non-hydrogen) atoms. The molecule has 0 fully saturated rings. The van der Waals surface area contributed by atoms with Crippen LogP contribution in [0.3, 0.4) is 0 Å². The van der Waals surface area contributed by atoms with Gasteiger partial charge in [-0.25, -0.2) is 0 Å². The number of aromatic nitrogens is 2. The molecule has 1 aromatic heterocycles. The number of ketones is 1. The van der Waals surface area contributed by atoms with Gasteiger partial charge >= 0.3 is 0 Å². The Kier molecular flexibility index (Phi) is 3.88. The van der Waals surface area contributed by atoms with E-state index < -0.39 is 0 Å². The van der Waals surface area contributed by atoms with Crippen molar-refractivity contribution in [3.05, 3.63) is 50.7 Å². The smallest absolute Gasteiger partial charge is 0.167 e. The van der Waals surface area contributed by atoms with Crippen LogP contribution >= 0.6 is 27.5 Å². The van der Waals surface area contributed by atoms with E-state index in [2.05, 4.69) is 21.0 Å². The van der Waals surface area contributed by atoms with Crippen molar-refractivity contribution >= 4 is 33.3 Å². The lowest BCUT2D eigenvalue weighted by Crippen LogP contribution is -2.04. The van der Waals surface area contributed by atoms with E-state index in [4.69, 9.17) is 11.6 Å². The van der Waals surface area contributed by atoms with Crippen LogP contribution in [0.5, 0.6) is 0 Å². The van der Waals surface area contributed by atoms with Gasteiger partial charge in [-0.3, -0.25) is 9.48 Å². The van der Waals surface area contributed by atoms with Crippen LogP contribution in [-0.4, -0.2) is 15.6 Å². The number of hydrogen-bond acceptors (Lipinski definition) is 2. The van der Waals surface area contributed by atoms with Crippen molar-refractivity contribution in [2.75, 3.05) is 0 Å². The van der Waals surface area contributed by atoms with Crippen molar-refractivity contribution in [1.82, 2.24) is 9.78 Å². The summed E-state index contributed by atoms with van der Waals surface area (Å²) >= 11 is 9.45. The number of carbonyl (C=O) groups excluding carboxylic acids is 1. The molecule has 5 heteroatoms. The number of rotatable bonds is 3. The fraction of sp³-hybridized carbons (Fsp3) is 0.231. The summed E-state index contributed by atoms with van der Waals surface area (Å²) in [4.78, 5) is 12.1. The Balaban J connectivity index is 2.24. The third kappa shape index (κ3) is 2.65. The van der Waals surface area contributed by atoms with Crippen molar-refractivity contribution in [1.29, 1.82) is 0 Å². The highest BCUT2D eigenvalue weighted by molar-refractivity contribution is 9.10. The summed E-state index contributed by atoms with van der Waals surface area (Å²) < 4.78 is 2.54. The molecule has 0 spiro atoms. The van der Waals surface area contributed by atoms with Crippen molar-refractivity contribution in [3.8, 4) is 0 Å². The first-order valence-corrected chi connectivity index (χ1v) is 6.63. The van der Waals surface area contributed by atoms with E-state index in [1.165, 1.54) is 0 Å². The van der Waals surface area contributed by atoms with Crippen LogP contribution in [0.4, 0.5) is 0 Å². The largest absolute Gasteiger partial charge is 0.294 e. The monoisotopic (exact) mass is 326 g/mol. The van der Waals surface area contributed by atoms with Gasteiger partial charge in [-0.15, -0.1) is 0 Å². The topological polar surface area (TPSA) is 34.9 Å². The van der Waals surface area contributed by atoms with E-state index in [0.717, 1.165) is 15.7 Å². The van der Waals surface area contributed by atoms with Crippen molar-refractivity contribution in [2.45, 2.75) is 13.3 Å². The summed E-state index contributed by atoms with van der Waals surface area (Å²) in [6.45, 7) is 1.86. The number of Topliss-reactive ketones (excluding diaryl/α,β-unsaturated/α-hetero) is 1. The lowest BCUT2D eigenvalue weighted by Gasteiger charge is -2.01. The highest BCUT2D eigenvalue weighted by Crippen LogP contribution is 2.21. The van der Waals surface area contributed by atoms with E-state index in [0.29, 0.717) is 10.7 Å². The number of benzene rings is 1. The summed E-state index contributed by atoms with van der Waals surface area (Å²) in [5.74, 6) is 0.0421. The Morgan fingerprint density at radius 1 is 1.39 bits per heavy atom. The van der Waals surface area contributed by atoms with E-state index in [-0.39, 0.29) is 12.2 Å². The van der Waals surface area contributed by atoms with Crippen LogP contribution in [-0.2, 0) is 13.5 Å². The molecule has 2 rings (SSSR count). The van der Waals surface area contributed by atoms with E-state index in [9.17, 15) is 4.79 Å². The Hall–Kier alpha value is -1.13. The maximum atomic E-state index is 12.1. The number of halogens is 2. The van der Waals surface area contributed by atoms with E-state index in [1.54, 1.807) is 23.9 Å². The second-order valence-electron chi connectivity index (χ2n) is 4.09. The number of carbonyl (C=O) groups is 1. The number of hydrogen-bond donors (Lipinski definition) is 0. The van der Waals surface area contributed by atoms with Gasteiger partial charge in [0.05, 0.1) is 5.69 Å². The molecule has 0 radical (unpaired) electrons. The molecule has 0 unspecified atom stereocenters. The summed E-state index contributed by atoms with van der Waals surface area (Å²) in [5, 5.41) is 4.72. The second-order valence-corrected chi connectivity index (χ2v) is 5.36. The van der Waals surface area contributed by atoms with Gasteiger partial charge in [0.2, 0.25) is 0 Å². The van der Waals surface area contributed by atoms with Gasteiger partial charge < -0.3 is 0 Å². The summed E-state index contributed by atoms with van der Waals surface area (Å²) in [6, 6.07) is 7.30. The summed E-state index contributed by atoms with van der Waals surface area (Å²) in [7, 11) is 1.77. The number of nitrogens with zero attached hydrogens (tertiary/aromatic N) is 2. The molecule has 0 atom stereocenters. The van der Waals surface area contributed by atoms with Gasteiger partial charge in [-0.2, -0.15) is 5.10 Å². The lowest BCUT2D eigenvalue weighted by atomic mass is 10.0. The maximum Gasteiger partial charge on any atom is 0.167 e. The van der Waals surface area contributed by atoms with Crippen molar-refractivity contribution in [3.63, 3.8) is 0 Å². The molecule has 0 saturated carbocycles. The molecule has 0 bridgehead atoms. The van der Waals surface area contributed by atoms with Gasteiger partial charge in [-0.1, -0.05) is 39.7 Å². The average molecular weight is 328 g/mol. The van der Waals surface area contributed by atoms with Gasteiger partial charge in [-0.05, 0) is 19.1 Å². The SMILES string of the molecule is Cc1nn(C)c(Cl)c1CC(=O)c1ccc(Br)cc1. The Labute approximate surface area is 119 Å². The molecule has 3 nitrogen and oxygen atoms in total. The molecule has 0 N–H and O–H groups in total. The zero-order chi connectivity index (χ0) is 13.3. The standard InChI is InChI=1S/C13H12BrClN2O/c1-8-11(13(15)17(2)16-8)7-12(18)9-3-5-10(14)6-4-9/h3-6H,7H2,1-2H3. The molecule has 1 aromatic carbocycles. The van der Waals surface area contributed by atoms with Gasteiger partial charge in [0, 0.05) is 29.1 Å². The minimum Gasteiger partial charge on any atom is -0.294 e. The zero-order valence-electron chi connectivity index (χ0n) is 10.1. The molecule has 0 aliphatic carbocycles. The van der Waals surface area contributed by atoms with Crippen molar-refractivity contribution < 1.29 is 4.79 Å². The highest BCUT2D eigenvalue weighted by atomic mass is 79.9. The predicted molar refractivity (Wildman–Crippen MR) is 75.1 cm³/mol. The molecular formula is C13H12BrClN2O. The first kappa shape index (κ1) is 13.3. The van der Waals surface area contributed by atoms with E-state index in [1.807, 2.05) is 19.1 Å². The average Bonchev–Trinajstić information content (AvgIpc) is 2.57. The van der Waals surface area contributed by atoms with Gasteiger partial charge in [0.25, 0.3) is 0 Å². The molecule has 0 aliphatic rings. The third-order valence-corrected chi connectivity index (χ3v) is 3.77. The summed E-state index contributed by atoms with van der Waals surface area (Å²) in [6.07, 6.45) is 0.278. The number of aryl methyl sites for hydroxylation is 2.